The van der Waals surface area contributed by atoms with Crippen LogP contribution in [0.2, 0.25) is 5.02 Å². The van der Waals surface area contributed by atoms with E-state index in [0.29, 0.717) is 33.1 Å². The monoisotopic (exact) mass is 459 g/mol. The molecule has 2 heterocycles. The smallest absolute Gasteiger partial charge is 0.390 e. The molecule has 0 atom stereocenters. The number of alkyl halides is 3. The highest BCUT2D eigenvalue weighted by molar-refractivity contribution is 6.30. The van der Waals surface area contributed by atoms with Crippen molar-refractivity contribution in [2.75, 3.05) is 5.73 Å². The van der Waals surface area contributed by atoms with Crippen molar-refractivity contribution < 1.29 is 18.3 Å². The minimum Gasteiger partial charge on any atom is -0.390 e. The molecule has 0 unspecified atom stereocenters. The molecule has 0 aliphatic rings. The van der Waals surface area contributed by atoms with Gasteiger partial charge >= 0.3 is 6.18 Å². The molecule has 0 aliphatic carbocycles. The second-order valence-electron chi connectivity index (χ2n) is 7.03. The summed E-state index contributed by atoms with van der Waals surface area (Å²) in [5.41, 5.74) is 8.70. The van der Waals surface area contributed by atoms with Gasteiger partial charge in [-0.2, -0.15) is 18.3 Å². The number of nitrogens with two attached hydrogens (primary N) is 1. The lowest BCUT2D eigenvalue weighted by Gasteiger charge is -2.10. The minimum absolute atomic E-state index is 0.210. The zero-order chi connectivity index (χ0) is 22.9. The van der Waals surface area contributed by atoms with Crippen LogP contribution in [0.4, 0.5) is 19.0 Å². The van der Waals surface area contributed by atoms with Gasteiger partial charge in [-0.25, -0.2) is 9.97 Å². The van der Waals surface area contributed by atoms with Gasteiger partial charge in [0.1, 0.15) is 12.1 Å². The van der Waals surface area contributed by atoms with Crippen molar-refractivity contribution >= 4 is 17.4 Å². The van der Waals surface area contributed by atoms with E-state index < -0.39 is 11.7 Å². The van der Waals surface area contributed by atoms with E-state index in [9.17, 15) is 18.3 Å². The molecule has 6 nitrogen and oxygen atoms in total. The molecule has 0 fully saturated rings. The highest BCUT2D eigenvalue weighted by Crippen LogP contribution is 2.36. The molecule has 4 rings (SSSR count). The zero-order valence-electron chi connectivity index (χ0n) is 16.5. The number of rotatable bonds is 5. The van der Waals surface area contributed by atoms with Gasteiger partial charge in [-0.15, -0.1) is 0 Å². The molecule has 0 amide bonds. The average Bonchev–Trinajstić information content (AvgIpc) is 3.17. The number of anilines is 1. The van der Waals surface area contributed by atoms with Crippen LogP contribution in [0, 0.1) is 0 Å². The molecule has 164 valence electrons. The fraction of sp³-hybridized carbons (Fsp3) is 0.136. The van der Waals surface area contributed by atoms with E-state index in [-0.39, 0.29) is 19.0 Å². The summed E-state index contributed by atoms with van der Waals surface area (Å²) in [6.07, 6.45) is -1.41. The molecular weight excluding hydrogens is 443 g/mol. The Morgan fingerprint density at radius 3 is 2.31 bits per heavy atom. The van der Waals surface area contributed by atoms with Gasteiger partial charge in [0.2, 0.25) is 0 Å². The molecule has 10 heteroatoms. The van der Waals surface area contributed by atoms with Crippen molar-refractivity contribution in [2.24, 2.45) is 0 Å². The third-order valence-corrected chi connectivity index (χ3v) is 5.13. The van der Waals surface area contributed by atoms with E-state index in [4.69, 9.17) is 17.3 Å². The van der Waals surface area contributed by atoms with Crippen LogP contribution in [0.15, 0.2) is 61.1 Å². The molecule has 3 N–H and O–H groups in total. The SMILES string of the molecule is Nc1ncnc(-c2cn(Cc3ccc(C(F)(F)F)cc3)nc2CO)c1-c1ccc(Cl)cc1. The van der Waals surface area contributed by atoms with E-state index in [1.54, 1.807) is 30.5 Å². The number of aliphatic hydroxyl groups excluding tert-OH is 1. The van der Waals surface area contributed by atoms with Crippen molar-refractivity contribution in [3.8, 4) is 22.4 Å². The Balaban J connectivity index is 1.72. The summed E-state index contributed by atoms with van der Waals surface area (Å²) in [6.45, 7) is -0.151. The van der Waals surface area contributed by atoms with E-state index in [0.717, 1.165) is 17.7 Å². The van der Waals surface area contributed by atoms with Crippen LogP contribution in [0.25, 0.3) is 22.4 Å². The highest BCUT2D eigenvalue weighted by atomic mass is 35.5. The second kappa shape index (κ2) is 8.60. The van der Waals surface area contributed by atoms with Crippen molar-refractivity contribution in [1.29, 1.82) is 0 Å². The Labute approximate surface area is 186 Å². The number of benzene rings is 2. The summed E-state index contributed by atoms with van der Waals surface area (Å²) in [6, 6.07) is 11.8. The molecular formula is C22H17ClF3N5O. The number of halogens is 4. The number of nitrogen functional groups attached to an aromatic ring is 1. The lowest BCUT2D eigenvalue weighted by molar-refractivity contribution is -0.137. The average molecular weight is 460 g/mol. The van der Waals surface area contributed by atoms with Crippen LogP contribution in [-0.4, -0.2) is 24.9 Å². The molecule has 2 aromatic heterocycles. The van der Waals surface area contributed by atoms with E-state index in [2.05, 4.69) is 15.1 Å². The molecule has 0 saturated carbocycles. The van der Waals surface area contributed by atoms with Gasteiger partial charge < -0.3 is 10.8 Å². The van der Waals surface area contributed by atoms with Crippen molar-refractivity contribution in [3.63, 3.8) is 0 Å². The number of aromatic nitrogens is 4. The van der Waals surface area contributed by atoms with Crippen LogP contribution < -0.4 is 5.73 Å². The van der Waals surface area contributed by atoms with Gasteiger partial charge in [0.15, 0.2) is 0 Å². The first-order chi connectivity index (χ1) is 15.3. The van der Waals surface area contributed by atoms with Gasteiger partial charge in [0.25, 0.3) is 0 Å². The maximum absolute atomic E-state index is 12.8. The lowest BCUT2D eigenvalue weighted by Crippen LogP contribution is -2.06. The van der Waals surface area contributed by atoms with Crippen LogP contribution in [-0.2, 0) is 19.3 Å². The third-order valence-electron chi connectivity index (χ3n) is 4.88. The Hall–Kier alpha value is -3.43. The third kappa shape index (κ3) is 4.44. The van der Waals surface area contributed by atoms with Crippen molar-refractivity contribution in [1.82, 2.24) is 19.7 Å². The largest absolute Gasteiger partial charge is 0.416 e. The molecule has 2 aromatic carbocycles. The Morgan fingerprint density at radius 2 is 1.69 bits per heavy atom. The predicted molar refractivity (Wildman–Crippen MR) is 115 cm³/mol. The Kier molecular flexibility index (Phi) is 5.86. The fourth-order valence-electron chi connectivity index (χ4n) is 3.35. The standard InChI is InChI=1S/C22H17ClF3N5O/c23-16-7-3-14(4-8-16)19-20(28-12-29-21(19)27)17-10-31(30-18(17)11-32)9-13-1-5-15(6-2-13)22(24,25)26/h1-8,10,12,32H,9,11H2,(H2,27,28,29). The van der Waals surface area contributed by atoms with E-state index in [1.807, 2.05) is 0 Å². The summed E-state index contributed by atoms with van der Waals surface area (Å²) < 4.78 is 39.9. The number of aliphatic hydroxyl groups is 1. The Morgan fingerprint density at radius 1 is 1.00 bits per heavy atom. The zero-order valence-corrected chi connectivity index (χ0v) is 17.3. The van der Waals surface area contributed by atoms with Crippen LogP contribution >= 0.6 is 11.6 Å². The summed E-state index contributed by atoms with van der Waals surface area (Å²) >= 11 is 5.99. The van der Waals surface area contributed by atoms with Crippen LogP contribution in [0.3, 0.4) is 0 Å². The summed E-state index contributed by atoms with van der Waals surface area (Å²) in [4.78, 5) is 8.44. The maximum Gasteiger partial charge on any atom is 0.416 e. The fourth-order valence-corrected chi connectivity index (χ4v) is 3.47. The number of hydrogen-bond donors (Lipinski definition) is 2. The predicted octanol–water partition coefficient (Wildman–Crippen LogP) is 4.80. The van der Waals surface area contributed by atoms with Crippen LogP contribution in [0.1, 0.15) is 16.8 Å². The molecule has 0 spiro atoms. The first kappa shape index (κ1) is 21.8. The Bertz CT molecular complexity index is 1240. The van der Waals surface area contributed by atoms with Gasteiger partial charge in [0, 0.05) is 16.8 Å². The normalized spacial score (nSPS) is 11.7. The van der Waals surface area contributed by atoms with E-state index >= 15 is 0 Å². The minimum atomic E-state index is -4.40. The van der Waals surface area contributed by atoms with Crippen molar-refractivity contribution in [3.05, 3.63) is 82.9 Å². The molecule has 0 bridgehead atoms. The molecule has 32 heavy (non-hydrogen) atoms. The van der Waals surface area contributed by atoms with Crippen LogP contribution in [0.5, 0.6) is 0 Å². The van der Waals surface area contributed by atoms with E-state index in [1.165, 1.54) is 23.1 Å². The molecule has 0 radical (unpaired) electrons. The summed E-state index contributed by atoms with van der Waals surface area (Å²) in [7, 11) is 0. The highest BCUT2D eigenvalue weighted by Gasteiger charge is 2.30. The molecule has 0 saturated heterocycles. The first-order valence-electron chi connectivity index (χ1n) is 9.46. The maximum atomic E-state index is 12.8. The molecule has 4 aromatic rings. The number of nitrogens with zero attached hydrogens (tertiary/aromatic N) is 4. The van der Waals surface area contributed by atoms with Gasteiger partial charge in [-0.1, -0.05) is 35.9 Å². The van der Waals surface area contributed by atoms with Gasteiger partial charge in [-0.3, -0.25) is 4.68 Å². The summed E-state index contributed by atoms with van der Waals surface area (Å²) in [5, 5.41) is 14.8. The topological polar surface area (TPSA) is 89.9 Å². The number of hydrogen-bond acceptors (Lipinski definition) is 5. The lowest BCUT2D eigenvalue weighted by atomic mass is 10.00. The van der Waals surface area contributed by atoms with Gasteiger partial charge in [-0.05, 0) is 35.4 Å². The van der Waals surface area contributed by atoms with Gasteiger partial charge in [0.05, 0.1) is 35.7 Å². The first-order valence-corrected chi connectivity index (χ1v) is 9.84. The summed E-state index contributed by atoms with van der Waals surface area (Å²) in [5.74, 6) is 0.247. The van der Waals surface area contributed by atoms with Crippen molar-refractivity contribution in [2.45, 2.75) is 19.3 Å². The second-order valence-corrected chi connectivity index (χ2v) is 7.47. The quantitative estimate of drug-likeness (QED) is 0.447. The molecule has 0 aliphatic heterocycles.